The van der Waals surface area contributed by atoms with E-state index >= 15 is 0 Å². The summed E-state index contributed by atoms with van der Waals surface area (Å²) in [7, 11) is 1.75. The first-order valence-corrected chi connectivity index (χ1v) is 8.33. The average molecular weight is 304 g/mol. The third-order valence-corrected chi connectivity index (χ3v) is 4.53. The Morgan fingerprint density at radius 3 is 2.71 bits per heavy atom. The number of methoxy groups -OCH3 is 1. The summed E-state index contributed by atoms with van der Waals surface area (Å²) in [6.45, 7) is 6.11. The quantitative estimate of drug-likeness (QED) is 0.751. The molecule has 2 rings (SSSR count). The second kappa shape index (κ2) is 8.27. The van der Waals surface area contributed by atoms with Gasteiger partial charge in [0.1, 0.15) is 0 Å². The van der Waals surface area contributed by atoms with Crippen LogP contribution in [-0.2, 0) is 17.7 Å². The van der Waals surface area contributed by atoms with Crippen molar-refractivity contribution in [2.24, 2.45) is 0 Å². The smallest absolute Gasteiger partial charge is 0.0961 e. The van der Waals surface area contributed by atoms with Gasteiger partial charge in [-0.3, -0.25) is 0 Å². The van der Waals surface area contributed by atoms with Crippen molar-refractivity contribution >= 4 is 11.3 Å². The van der Waals surface area contributed by atoms with Gasteiger partial charge in [0.15, 0.2) is 0 Å². The minimum atomic E-state index is 0.205. The molecule has 0 aliphatic rings. The zero-order chi connectivity index (χ0) is 15.1. The topological polar surface area (TPSA) is 34.2 Å². The van der Waals surface area contributed by atoms with Gasteiger partial charge in [0.25, 0.3) is 0 Å². The predicted octanol–water partition coefficient (Wildman–Crippen LogP) is 3.89. The lowest BCUT2D eigenvalue weighted by Crippen LogP contribution is -2.15. The van der Waals surface area contributed by atoms with Gasteiger partial charge in [0.05, 0.1) is 21.7 Å². The number of nitrogens with one attached hydrogen (secondary N) is 1. The summed E-state index contributed by atoms with van der Waals surface area (Å²) in [5.41, 5.74) is 2.40. The van der Waals surface area contributed by atoms with E-state index in [1.165, 1.54) is 10.4 Å². The molecule has 1 aromatic heterocycles. The zero-order valence-electron chi connectivity index (χ0n) is 13.1. The molecule has 0 saturated heterocycles. The first kappa shape index (κ1) is 16.1. The predicted molar refractivity (Wildman–Crippen MR) is 89.7 cm³/mol. The zero-order valence-corrected chi connectivity index (χ0v) is 13.9. The molecule has 0 fully saturated rings. The Morgan fingerprint density at radius 2 is 2.05 bits per heavy atom. The molecule has 0 amide bonds. The van der Waals surface area contributed by atoms with Crippen molar-refractivity contribution in [2.75, 3.05) is 13.7 Å². The van der Waals surface area contributed by atoms with Crippen LogP contribution in [0, 0.1) is 0 Å². The van der Waals surface area contributed by atoms with E-state index in [-0.39, 0.29) is 6.10 Å². The Balaban J connectivity index is 2.23. The van der Waals surface area contributed by atoms with Crippen LogP contribution in [-0.4, -0.2) is 24.7 Å². The van der Waals surface area contributed by atoms with Gasteiger partial charge in [-0.25, -0.2) is 4.98 Å². The van der Waals surface area contributed by atoms with Crippen LogP contribution >= 0.6 is 11.3 Å². The molecule has 0 aliphatic carbocycles. The molecule has 1 heterocycles. The van der Waals surface area contributed by atoms with Crippen LogP contribution in [0.1, 0.15) is 31.0 Å². The van der Waals surface area contributed by atoms with Crippen LogP contribution in [0.15, 0.2) is 30.3 Å². The third kappa shape index (κ3) is 4.63. The van der Waals surface area contributed by atoms with Crippen molar-refractivity contribution in [3.8, 4) is 10.4 Å². The summed E-state index contributed by atoms with van der Waals surface area (Å²) >= 11 is 1.78. The van der Waals surface area contributed by atoms with Crippen molar-refractivity contribution in [3.05, 3.63) is 41.0 Å². The molecular formula is C17H24N2OS. The molecule has 21 heavy (non-hydrogen) atoms. The molecular weight excluding hydrogens is 280 g/mol. The van der Waals surface area contributed by atoms with Crippen molar-refractivity contribution in [3.63, 3.8) is 0 Å². The van der Waals surface area contributed by atoms with E-state index in [0.717, 1.165) is 36.6 Å². The van der Waals surface area contributed by atoms with Crippen LogP contribution in [0.2, 0.25) is 0 Å². The number of hydrogen-bond acceptors (Lipinski definition) is 4. The summed E-state index contributed by atoms with van der Waals surface area (Å²) in [4.78, 5) is 6.10. The summed E-state index contributed by atoms with van der Waals surface area (Å²) in [5.74, 6) is 0. The summed E-state index contributed by atoms with van der Waals surface area (Å²) in [6.07, 6.45) is 2.21. The van der Waals surface area contributed by atoms with Crippen molar-refractivity contribution < 1.29 is 4.74 Å². The Kier molecular flexibility index (Phi) is 6.36. The lowest BCUT2D eigenvalue weighted by molar-refractivity contribution is 0.118. The summed E-state index contributed by atoms with van der Waals surface area (Å²) in [6, 6.07) is 10.5. The molecule has 1 N–H and O–H groups in total. The number of nitrogens with zero attached hydrogens (tertiary/aromatic N) is 1. The molecule has 3 nitrogen and oxygen atoms in total. The van der Waals surface area contributed by atoms with E-state index < -0.39 is 0 Å². The van der Waals surface area contributed by atoms with Crippen LogP contribution in [0.25, 0.3) is 10.4 Å². The minimum absolute atomic E-state index is 0.205. The molecule has 0 saturated carbocycles. The molecule has 0 spiro atoms. The van der Waals surface area contributed by atoms with Gasteiger partial charge in [-0.1, -0.05) is 37.3 Å². The Bertz CT molecular complexity index is 539. The highest BCUT2D eigenvalue weighted by molar-refractivity contribution is 7.15. The second-order valence-corrected chi connectivity index (χ2v) is 6.26. The first-order valence-electron chi connectivity index (χ1n) is 7.52. The molecule has 0 radical (unpaired) electrons. The maximum absolute atomic E-state index is 5.36. The largest absolute Gasteiger partial charge is 0.381 e. The van der Waals surface area contributed by atoms with E-state index in [9.17, 15) is 0 Å². The second-order valence-electron chi connectivity index (χ2n) is 5.18. The van der Waals surface area contributed by atoms with Crippen molar-refractivity contribution in [2.45, 2.75) is 39.3 Å². The van der Waals surface area contributed by atoms with E-state index in [1.54, 1.807) is 18.4 Å². The maximum atomic E-state index is 5.36. The van der Waals surface area contributed by atoms with E-state index in [0.29, 0.717) is 0 Å². The summed E-state index contributed by atoms with van der Waals surface area (Å²) < 4.78 is 5.36. The van der Waals surface area contributed by atoms with E-state index in [1.807, 2.05) is 6.07 Å². The monoisotopic (exact) mass is 304 g/mol. The molecule has 1 atom stereocenters. The Morgan fingerprint density at radius 1 is 1.29 bits per heavy atom. The molecule has 4 heteroatoms. The molecule has 2 aromatic rings. The number of rotatable bonds is 8. The Hall–Kier alpha value is -1.23. The Labute approximate surface area is 131 Å². The molecule has 0 aliphatic heterocycles. The molecule has 1 unspecified atom stereocenters. The highest BCUT2D eigenvalue weighted by Crippen LogP contribution is 2.31. The fraction of sp³-hybridized carbons (Fsp3) is 0.471. The lowest BCUT2D eigenvalue weighted by Gasteiger charge is -2.05. The van der Waals surface area contributed by atoms with Crippen LogP contribution in [0.3, 0.4) is 0 Å². The highest BCUT2D eigenvalue weighted by Gasteiger charge is 2.14. The number of hydrogen-bond donors (Lipinski definition) is 1. The van der Waals surface area contributed by atoms with Crippen LogP contribution in [0.5, 0.6) is 0 Å². The highest BCUT2D eigenvalue weighted by atomic mass is 32.1. The van der Waals surface area contributed by atoms with Gasteiger partial charge in [-0.15, -0.1) is 11.3 Å². The molecule has 114 valence electrons. The minimum Gasteiger partial charge on any atom is -0.381 e. The van der Waals surface area contributed by atoms with Gasteiger partial charge in [-0.2, -0.15) is 0 Å². The van der Waals surface area contributed by atoms with Gasteiger partial charge in [-0.05, 0) is 25.5 Å². The number of aromatic nitrogens is 1. The maximum Gasteiger partial charge on any atom is 0.0961 e. The van der Waals surface area contributed by atoms with Gasteiger partial charge in [0, 0.05) is 20.1 Å². The lowest BCUT2D eigenvalue weighted by atomic mass is 10.1. The van der Waals surface area contributed by atoms with Gasteiger partial charge in [0.2, 0.25) is 0 Å². The average Bonchev–Trinajstić information content (AvgIpc) is 2.91. The SMILES string of the molecule is CCCNCc1nc(CC(C)OC)sc1-c1ccccc1. The van der Waals surface area contributed by atoms with E-state index in [2.05, 4.69) is 43.4 Å². The summed E-state index contributed by atoms with van der Waals surface area (Å²) in [5, 5.41) is 4.60. The first-order chi connectivity index (χ1) is 10.2. The number of benzene rings is 1. The molecule has 1 aromatic carbocycles. The van der Waals surface area contributed by atoms with Gasteiger partial charge < -0.3 is 10.1 Å². The number of ether oxygens (including phenoxy) is 1. The third-order valence-electron chi connectivity index (χ3n) is 3.36. The fourth-order valence-electron chi connectivity index (χ4n) is 2.14. The van der Waals surface area contributed by atoms with Crippen molar-refractivity contribution in [1.82, 2.24) is 10.3 Å². The normalized spacial score (nSPS) is 12.5. The van der Waals surface area contributed by atoms with Crippen molar-refractivity contribution in [1.29, 1.82) is 0 Å². The fourth-order valence-corrected chi connectivity index (χ4v) is 3.33. The molecule has 0 bridgehead atoms. The van der Waals surface area contributed by atoms with Gasteiger partial charge >= 0.3 is 0 Å². The van der Waals surface area contributed by atoms with E-state index in [4.69, 9.17) is 9.72 Å². The standard InChI is InChI=1S/C17H24N2OS/c1-4-10-18-12-15-17(14-8-6-5-7-9-14)21-16(19-15)11-13(2)20-3/h5-9,13,18H,4,10-12H2,1-3H3. The van der Waals surface area contributed by atoms with Crippen LogP contribution < -0.4 is 5.32 Å². The van der Waals surface area contributed by atoms with Crippen LogP contribution in [0.4, 0.5) is 0 Å². The number of thiazole rings is 1.